The van der Waals surface area contributed by atoms with Crippen LogP contribution in [-0.4, -0.2) is 101 Å². The Kier molecular flexibility index (Phi) is 9.13. The molecule has 4 aliphatic heterocycles. The molecule has 3 fully saturated rings. The number of nitrogen functional groups attached to an aromatic ring is 1. The highest BCUT2D eigenvalue weighted by molar-refractivity contribution is 5.97. The molecular weight excluding hydrogens is 675 g/mol. The van der Waals surface area contributed by atoms with E-state index in [1.54, 1.807) is 19.0 Å². The Morgan fingerprint density at radius 1 is 1.16 bits per heavy atom. The van der Waals surface area contributed by atoms with Gasteiger partial charge >= 0.3 is 12.2 Å². The summed E-state index contributed by atoms with van der Waals surface area (Å²) in [5.41, 5.74) is 1.28. The van der Waals surface area contributed by atoms with Gasteiger partial charge in [-0.05, 0) is 64.1 Å². The lowest BCUT2D eigenvalue weighted by Gasteiger charge is -2.42. The van der Waals surface area contributed by atoms with Crippen molar-refractivity contribution in [1.29, 1.82) is 0 Å². The molecule has 0 bridgehead atoms. The number of pyridine rings is 1. The van der Waals surface area contributed by atoms with E-state index in [0.717, 1.165) is 51.6 Å². The molecule has 0 spiro atoms. The number of piperazine rings is 1. The van der Waals surface area contributed by atoms with Crippen LogP contribution >= 0.6 is 0 Å². The SMILES string of the molecule is CC[C@@H]1CN2c3nc(OC[C@@H]4CC[C@@H]5C[C@@H](C(=O)N(C)C)CCN54)nc4c(F)c(-c5cc(N)c(F)c(C)c5C(F)(F)F)nc(c34)O[C@@H](C)[C@@H]2CN1. The number of amides is 1. The first kappa shape index (κ1) is 35.4. The van der Waals surface area contributed by atoms with Crippen LogP contribution in [0.4, 0.5) is 33.5 Å². The predicted molar refractivity (Wildman–Crippen MR) is 181 cm³/mol. The summed E-state index contributed by atoms with van der Waals surface area (Å²) < 4.78 is 87.5. The Balaban J connectivity index is 1.31. The van der Waals surface area contributed by atoms with Crippen LogP contribution in [0, 0.1) is 24.5 Å². The summed E-state index contributed by atoms with van der Waals surface area (Å²) in [7, 11) is 3.54. The number of piperidine rings is 1. The summed E-state index contributed by atoms with van der Waals surface area (Å²) in [6.45, 7) is 6.74. The number of halogens is 5. The van der Waals surface area contributed by atoms with Gasteiger partial charge in [0.15, 0.2) is 5.82 Å². The highest BCUT2D eigenvalue weighted by Crippen LogP contribution is 2.46. The number of rotatable bonds is 6. The van der Waals surface area contributed by atoms with Crippen LogP contribution in [0.25, 0.3) is 22.2 Å². The molecule has 3 N–H and O–H groups in total. The lowest BCUT2D eigenvalue weighted by atomic mass is 9.90. The number of carbonyl (C=O) groups excluding carboxylic acids is 1. The third-order valence-corrected chi connectivity index (χ3v) is 11.1. The van der Waals surface area contributed by atoms with Crippen molar-refractivity contribution in [2.45, 2.75) is 89.3 Å². The van der Waals surface area contributed by atoms with Crippen LogP contribution in [0.5, 0.6) is 11.9 Å². The molecule has 51 heavy (non-hydrogen) atoms. The van der Waals surface area contributed by atoms with Gasteiger partial charge < -0.3 is 30.3 Å². The minimum atomic E-state index is -5.06. The van der Waals surface area contributed by atoms with Gasteiger partial charge in [0.2, 0.25) is 11.8 Å². The number of aromatic nitrogens is 3. The molecule has 2 aromatic heterocycles. The number of carbonyl (C=O) groups is 1. The molecule has 3 saturated heterocycles. The maximum absolute atomic E-state index is 16.9. The average molecular weight is 719 g/mol. The van der Waals surface area contributed by atoms with Crippen molar-refractivity contribution in [3.8, 4) is 23.1 Å². The quantitative estimate of drug-likeness (QED) is 0.268. The molecule has 7 rings (SSSR count). The van der Waals surface area contributed by atoms with Crippen molar-refractivity contribution in [2.75, 3.05) is 51.0 Å². The van der Waals surface area contributed by atoms with E-state index in [4.69, 9.17) is 20.2 Å². The molecule has 0 aliphatic carbocycles. The molecule has 0 saturated carbocycles. The predicted octanol–water partition coefficient (Wildman–Crippen LogP) is 4.93. The highest BCUT2D eigenvalue weighted by Gasteiger charge is 2.43. The van der Waals surface area contributed by atoms with Crippen molar-refractivity contribution >= 4 is 28.3 Å². The number of nitrogens with zero attached hydrogens (tertiary/aromatic N) is 6. The van der Waals surface area contributed by atoms with E-state index < -0.39 is 52.0 Å². The van der Waals surface area contributed by atoms with Crippen LogP contribution in [0.15, 0.2) is 6.07 Å². The van der Waals surface area contributed by atoms with Crippen molar-refractivity contribution < 1.29 is 36.2 Å². The molecule has 6 atom stereocenters. The molecule has 1 aromatic carbocycles. The van der Waals surface area contributed by atoms with Crippen LogP contribution in [0.1, 0.15) is 57.1 Å². The Labute approximate surface area is 292 Å². The largest absolute Gasteiger partial charge is 0.472 e. The molecule has 3 aromatic rings. The minimum absolute atomic E-state index is 0.0107. The first-order valence-electron chi connectivity index (χ1n) is 17.5. The van der Waals surface area contributed by atoms with E-state index in [9.17, 15) is 22.4 Å². The minimum Gasteiger partial charge on any atom is -0.472 e. The Morgan fingerprint density at radius 2 is 1.92 bits per heavy atom. The summed E-state index contributed by atoms with van der Waals surface area (Å²) in [6.07, 6.45) is -1.56. The summed E-state index contributed by atoms with van der Waals surface area (Å²) >= 11 is 0. The van der Waals surface area contributed by atoms with Crippen molar-refractivity contribution in [1.82, 2.24) is 30.1 Å². The summed E-state index contributed by atoms with van der Waals surface area (Å²) in [4.78, 5) is 32.2. The van der Waals surface area contributed by atoms with Crippen molar-refractivity contribution in [2.24, 2.45) is 5.92 Å². The zero-order valence-electron chi connectivity index (χ0n) is 29.3. The molecule has 6 heterocycles. The number of fused-ring (bicyclic) bond motifs is 3. The molecule has 1 amide bonds. The second kappa shape index (κ2) is 13.2. The number of anilines is 2. The van der Waals surface area contributed by atoms with Crippen LogP contribution in [0.3, 0.4) is 0 Å². The highest BCUT2D eigenvalue weighted by atomic mass is 19.4. The normalized spacial score (nSPS) is 26.4. The standard InChI is InChI=1S/C35H43F5N8O3/c1-6-19-14-48-24(13-42-19)17(3)51-32-25-30(28(37)29(43-32)22-12-23(41)27(36)16(2)26(22)35(38,39)40)44-34(45-31(25)48)50-15-21-8-7-20-11-18(9-10-47(20)21)33(49)46(4)5/h12,17-21,24,42H,6-11,13-15,41H2,1-5H3/t17-,18-,19+,20+,21-,24-/m0/s1. The third-order valence-electron chi connectivity index (χ3n) is 11.1. The third kappa shape index (κ3) is 6.17. The van der Waals surface area contributed by atoms with Crippen LogP contribution in [0.2, 0.25) is 0 Å². The molecule has 4 aliphatic rings. The number of alkyl halides is 3. The Bertz CT molecular complexity index is 1860. The number of ether oxygens (including phenoxy) is 2. The molecular formula is C35H43F5N8O3. The lowest BCUT2D eigenvalue weighted by molar-refractivity contribution is -0.137. The smallest absolute Gasteiger partial charge is 0.417 e. The number of benzene rings is 1. The summed E-state index contributed by atoms with van der Waals surface area (Å²) in [5, 5.41) is 3.61. The number of nitrogens with two attached hydrogens (primary N) is 1. The van der Waals surface area contributed by atoms with Gasteiger partial charge in [0.05, 0.1) is 17.3 Å². The Morgan fingerprint density at radius 3 is 2.63 bits per heavy atom. The zero-order chi connectivity index (χ0) is 36.5. The van der Waals surface area contributed by atoms with Gasteiger partial charge in [0.25, 0.3) is 0 Å². The van der Waals surface area contributed by atoms with Crippen LogP contribution in [-0.2, 0) is 11.0 Å². The lowest BCUT2D eigenvalue weighted by Crippen LogP contribution is -2.60. The maximum Gasteiger partial charge on any atom is 0.417 e. The van der Waals surface area contributed by atoms with E-state index in [0.29, 0.717) is 18.9 Å². The molecule has 276 valence electrons. The van der Waals surface area contributed by atoms with Crippen LogP contribution < -0.4 is 25.4 Å². The monoisotopic (exact) mass is 718 g/mol. The van der Waals surface area contributed by atoms with Gasteiger partial charge in [-0.25, -0.2) is 13.8 Å². The van der Waals surface area contributed by atoms with E-state index in [1.165, 1.54) is 0 Å². The van der Waals surface area contributed by atoms with E-state index in [2.05, 4.69) is 20.2 Å². The van der Waals surface area contributed by atoms with Gasteiger partial charge in [-0.3, -0.25) is 9.69 Å². The fourth-order valence-electron chi connectivity index (χ4n) is 8.36. The number of hydrogen-bond acceptors (Lipinski definition) is 10. The fourth-order valence-corrected chi connectivity index (χ4v) is 8.36. The maximum atomic E-state index is 16.9. The molecule has 16 heteroatoms. The van der Waals surface area contributed by atoms with Gasteiger partial charge in [0, 0.05) is 56.8 Å². The van der Waals surface area contributed by atoms with Gasteiger partial charge in [-0.2, -0.15) is 23.1 Å². The van der Waals surface area contributed by atoms with E-state index in [1.807, 2.05) is 18.7 Å². The second-order valence-electron chi connectivity index (χ2n) is 14.4. The summed E-state index contributed by atoms with van der Waals surface area (Å²) in [6, 6.07) is 0.662. The van der Waals surface area contributed by atoms with Gasteiger partial charge in [-0.1, -0.05) is 6.92 Å². The van der Waals surface area contributed by atoms with Crippen molar-refractivity contribution in [3.05, 3.63) is 28.8 Å². The first-order valence-corrected chi connectivity index (χ1v) is 17.5. The average Bonchev–Trinajstić information content (AvgIpc) is 3.46. The first-order chi connectivity index (χ1) is 24.2. The molecule has 0 radical (unpaired) electrons. The van der Waals surface area contributed by atoms with Gasteiger partial charge in [-0.15, -0.1) is 0 Å². The van der Waals surface area contributed by atoms with E-state index in [-0.39, 0.29) is 65.4 Å². The van der Waals surface area contributed by atoms with E-state index >= 15 is 4.39 Å². The van der Waals surface area contributed by atoms with Gasteiger partial charge in [0.1, 0.15) is 40.9 Å². The summed E-state index contributed by atoms with van der Waals surface area (Å²) in [5.74, 6) is -2.12. The Hall–Kier alpha value is -4.05. The van der Waals surface area contributed by atoms with Crippen molar-refractivity contribution in [3.63, 3.8) is 0 Å². The fraction of sp³-hybridized carbons (Fsp3) is 0.600. The number of hydrogen-bond donors (Lipinski definition) is 2. The molecule has 0 unspecified atom stereocenters. The number of nitrogens with one attached hydrogen (secondary N) is 1. The molecule has 11 nitrogen and oxygen atoms in total. The zero-order valence-corrected chi connectivity index (χ0v) is 29.3. The second-order valence-corrected chi connectivity index (χ2v) is 14.4. The topological polar surface area (TPSA) is 122 Å².